The highest BCUT2D eigenvalue weighted by Crippen LogP contribution is 2.11. The Labute approximate surface area is 111 Å². The maximum Gasteiger partial charge on any atom is 0.303 e. The van der Waals surface area contributed by atoms with E-state index in [2.05, 4.69) is 11.2 Å². The molecule has 0 saturated carbocycles. The first kappa shape index (κ1) is 14.7. The number of terminal acetylenes is 1. The molecular formula is C14H16N2O3. The van der Waals surface area contributed by atoms with E-state index in [1.54, 1.807) is 24.3 Å². The number of benzene rings is 1. The van der Waals surface area contributed by atoms with E-state index in [-0.39, 0.29) is 18.7 Å². The average molecular weight is 260 g/mol. The Bertz CT molecular complexity index is 488. The average Bonchev–Trinajstić information content (AvgIpc) is 2.38. The van der Waals surface area contributed by atoms with Crippen molar-refractivity contribution in [3.63, 3.8) is 0 Å². The van der Waals surface area contributed by atoms with Crippen LogP contribution in [0.2, 0.25) is 0 Å². The Morgan fingerprint density at radius 3 is 2.53 bits per heavy atom. The molecule has 1 aromatic rings. The zero-order valence-corrected chi connectivity index (χ0v) is 10.4. The van der Waals surface area contributed by atoms with Gasteiger partial charge in [0.15, 0.2) is 0 Å². The molecule has 0 fully saturated rings. The molecule has 0 aromatic heterocycles. The molecule has 1 unspecified atom stereocenters. The molecule has 0 heterocycles. The van der Waals surface area contributed by atoms with Crippen LogP contribution < -0.4 is 11.1 Å². The first-order valence-electron chi connectivity index (χ1n) is 5.83. The molecule has 1 rings (SSSR count). The van der Waals surface area contributed by atoms with Crippen LogP contribution in [0.15, 0.2) is 24.3 Å². The van der Waals surface area contributed by atoms with Crippen LogP contribution in [0.5, 0.6) is 0 Å². The van der Waals surface area contributed by atoms with Crippen LogP contribution in [0, 0.1) is 12.3 Å². The fourth-order valence-electron chi connectivity index (χ4n) is 1.46. The van der Waals surface area contributed by atoms with Crippen molar-refractivity contribution in [2.75, 3.05) is 5.32 Å². The number of amides is 1. The van der Waals surface area contributed by atoms with E-state index in [9.17, 15) is 9.59 Å². The number of hydrogen-bond acceptors (Lipinski definition) is 3. The number of carbonyl (C=O) groups is 2. The number of carboxylic acid groups (broad SMARTS) is 1. The standard InChI is InChI=1S/C14H16N2O3/c1-2-3-12(15)14(19)16-11-7-4-10(5-8-11)6-9-13(17)18/h1,4-5,7-8,12H,3,6,9,15H2,(H,16,19)(H,17,18). The van der Waals surface area contributed by atoms with E-state index >= 15 is 0 Å². The Hall–Kier alpha value is -2.32. The number of carboxylic acids is 1. The number of aliphatic carboxylic acids is 1. The van der Waals surface area contributed by atoms with Crippen LogP contribution in [0.4, 0.5) is 5.69 Å². The molecule has 1 amide bonds. The maximum atomic E-state index is 11.6. The fourth-order valence-corrected chi connectivity index (χ4v) is 1.46. The second kappa shape index (κ2) is 7.19. The lowest BCUT2D eigenvalue weighted by molar-refractivity contribution is -0.137. The predicted molar refractivity (Wildman–Crippen MR) is 72.5 cm³/mol. The molecule has 4 N–H and O–H groups in total. The molecule has 0 bridgehead atoms. The molecule has 1 atom stereocenters. The van der Waals surface area contributed by atoms with Crippen molar-refractivity contribution in [2.45, 2.75) is 25.3 Å². The van der Waals surface area contributed by atoms with Crippen LogP contribution in [-0.4, -0.2) is 23.0 Å². The number of rotatable bonds is 6. The second-order valence-corrected chi connectivity index (χ2v) is 4.09. The molecule has 0 spiro atoms. The van der Waals surface area contributed by atoms with Crippen LogP contribution in [0.3, 0.4) is 0 Å². The molecule has 0 saturated heterocycles. The molecule has 0 aliphatic carbocycles. The van der Waals surface area contributed by atoms with Crippen LogP contribution in [-0.2, 0) is 16.0 Å². The van der Waals surface area contributed by atoms with Gasteiger partial charge in [-0.2, -0.15) is 0 Å². The minimum atomic E-state index is -0.836. The molecule has 0 aliphatic rings. The molecule has 0 radical (unpaired) electrons. The smallest absolute Gasteiger partial charge is 0.303 e. The number of aryl methyl sites for hydroxylation is 1. The number of nitrogens with two attached hydrogens (primary N) is 1. The van der Waals surface area contributed by atoms with E-state index in [1.165, 1.54) is 0 Å². The number of carbonyl (C=O) groups excluding carboxylic acids is 1. The van der Waals surface area contributed by atoms with Gasteiger partial charge in [-0.05, 0) is 24.1 Å². The summed E-state index contributed by atoms with van der Waals surface area (Å²) in [7, 11) is 0. The highest BCUT2D eigenvalue weighted by atomic mass is 16.4. The minimum absolute atomic E-state index is 0.0821. The van der Waals surface area contributed by atoms with Gasteiger partial charge < -0.3 is 16.2 Å². The third-order valence-electron chi connectivity index (χ3n) is 2.52. The van der Waals surface area contributed by atoms with E-state index in [4.69, 9.17) is 17.3 Å². The zero-order valence-electron chi connectivity index (χ0n) is 10.4. The van der Waals surface area contributed by atoms with Crippen LogP contribution in [0.25, 0.3) is 0 Å². The highest BCUT2D eigenvalue weighted by Gasteiger charge is 2.11. The number of nitrogens with one attached hydrogen (secondary N) is 1. The second-order valence-electron chi connectivity index (χ2n) is 4.09. The largest absolute Gasteiger partial charge is 0.481 e. The predicted octanol–water partition coefficient (Wildman–Crippen LogP) is 0.993. The summed E-state index contributed by atoms with van der Waals surface area (Å²) in [6.45, 7) is 0. The normalized spacial score (nSPS) is 11.4. The van der Waals surface area contributed by atoms with Gasteiger partial charge in [0, 0.05) is 18.5 Å². The van der Waals surface area contributed by atoms with E-state index < -0.39 is 12.0 Å². The van der Waals surface area contributed by atoms with Crippen molar-refractivity contribution < 1.29 is 14.7 Å². The third kappa shape index (κ3) is 5.23. The van der Waals surface area contributed by atoms with Crippen molar-refractivity contribution in [2.24, 2.45) is 5.73 Å². The summed E-state index contributed by atoms with van der Waals surface area (Å²) in [5.74, 6) is 1.16. The summed E-state index contributed by atoms with van der Waals surface area (Å²) in [5.41, 5.74) is 7.07. The minimum Gasteiger partial charge on any atom is -0.481 e. The van der Waals surface area contributed by atoms with Gasteiger partial charge in [-0.15, -0.1) is 12.3 Å². The van der Waals surface area contributed by atoms with Gasteiger partial charge >= 0.3 is 5.97 Å². The lowest BCUT2D eigenvalue weighted by atomic mass is 10.1. The molecule has 19 heavy (non-hydrogen) atoms. The summed E-state index contributed by atoms with van der Waals surface area (Å²) in [4.78, 5) is 22.0. The summed E-state index contributed by atoms with van der Waals surface area (Å²) >= 11 is 0. The third-order valence-corrected chi connectivity index (χ3v) is 2.52. The maximum absolute atomic E-state index is 11.6. The molecule has 0 aliphatic heterocycles. The Balaban J connectivity index is 2.55. The topological polar surface area (TPSA) is 92.4 Å². The zero-order chi connectivity index (χ0) is 14.3. The van der Waals surface area contributed by atoms with Gasteiger partial charge in [-0.1, -0.05) is 12.1 Å². The van der Waals surface area contributed by atoms with Crippen molar-refractivity contribution in [1.82, 2.24) is 0 Å². The Morgan fingerprint density at radius 2 is 2.00 bits per heavy atom. The van der Waals surface area contributed by atoms with Gasteiger partial charge in [0.05, 0.1) is 6.04 Å². The molecule has 5 heteroatoms. The van der Waals surface area contributed by atoms with Crippen LogP contribution in [0.1, 0.15) is 18.4 Å². The van der Waals surface area contributed by atoms with E-state index in [0.29, 0.717) is 12.1 Å². The van der Waals surface area contributed by atoms with Gasteiger partial charge in [0.1, 0.15) is 0 Å². The molecule has 1 aromatic carbocycles. The summed E-state index contributed by atoms with van der Waals surface area (Å²) < 4.78 is 0. The lowest BCUT2D eigenvalue weighted by Gasteiger charge is -2.10. The highest BCUT2D eigenvalue weighted by molar-refractivity contribution is 5.94. The van der Waals surface area contributed by atoms with E-state index in [0.717, 1.165) is 5.56 Å². The number of hydrogen-bond donors (Lipinski definition) is 3. The van der Waals surface area contributed by atoms with Gasteiger partial charge in [0.2, 0.25) is 5.91 Å². The quantitative estimate of drug-likeness (QED) is 0.665. The van der Waals surface area contributed by atoms with Crippen molar-refractivity contribution >= 4 is 17.6 Å². The van der Waals surface area contributed by atoms with Gasteiger partial charge in [0.25, 0.3) is 0 Å². The first-order chi connectivity index (χ1) is 9.02. The van der Waals surface area contributed by atoms with Crippen molar-refractivity contribution in [3.8, 4) is 12.3 Å². The van der Waals surface area contributed by atoms with Crippen LogP contribution >= 0.6 is 0 Å². The van der Waals surface area contributed by atoms with Gasteiger partial charge in [-0.25, -0.2) is 0 Å². The van der Waals surface area contributed by atoms with E-state index in [1.807, 2.05) is 0 Å². The summed E-state index contributed by atoms with van der Waals surface area (Å²) in [5, 5.41) is 11.2. The number of anilines is 1. The molecular weight excluding hydrogens is 244 g/mol. The lowest BCUT2D eigenvalue weighted by Crippen LogP contribution is -2.35. The first-order valence-corrected chi connectivity index (χ1v) is 5.83. The Kier molecular flexibility index (Phi) is 5.58. The fraction of sp³-hybridized carbons (Fsp3) is 0.286. The van der Waals surface area contributed by atoms with Crippen molar-refractivity contribution in [3.05, 3.63) is 29.8 Å². The summed E-state index contributed by atoms with van der Waals surface area (Å²) in [6.07, 6.45) is 5.80. The summed E-state index contributed by atoms with van der Waals surface area (Å²) in [6, 6.07) is 6.22. The van der Waals surface area contributed by atoms with Crippen molar-refractivity contribution in [1.29, 1.82) is 0 Å². The SMILES string of the molecule is C#CCC(N)C(=O)Nc1ccc(CCC(=O)O)cc1. The molecule has 100 valence electrons. The monoisotopic (exact) mass is 260 g/mol. The Morgan fingerprint density at radius 1 is 1.37 bits per heavy atom. The van der Waals surface area contributed by atoms with Gasteiger partial charge in [-0.3, -0.25) is 9.59 Å². The molecule has 5 nitrogen and oxygen atoms in total.